The SMILES string of the molecule is N#Cc1ccc2sc3ccc(-c4ccc5c(-c6cccc7ccccc67)c6ccccc6c(-c6cccc7ccccc67)c5c4)cc3c2c1. The van der Waals surface area contributed by atoms with Gasteiger partial charge in [0.15, 0.2) is 0 Å². The molecular weight excluding hydrogens is 611 g/mol. The first kappa shape index (κ1) is 27.8. The van der Waals surface area contributed by atoms with Gasteiger partial charge in [-0.15, -0.1) is 11.3 Å². The third-order valence-corrected chi connectivity index (χ3v) is 11.2. The van der Waals surface area contributed by atoms with E-state index in [4.69, 9.17) is 0 Å². The zero-order valence-electron chi connectivity index (χ0n) is 26.4. The smallest absolute Gasteiger partial charge is 0.0991 e. The van der Waals surface area contributed by atoms with Gasteiger partial charge in [0.05, 0.1) is 11.6 Å². The summed E-state index contributed by atoms with van der Waals surface area (Å²) >= 11 is 1.78. The van der Waals surface area contributed by atoms with Crippen LogP contribution in [0.2, 0.25) is 0 Å². The molecule has 0 radical (unpaired) electrons. The Morgan fingerprint density at radius 1 is 0.367 bits per heavy atom. The first-order valence-electron chi connectivity index (χ1n) is 16.6. The number of rotatable bonds is 3. The highest BCUT2D eigenvalue weighted by atomic mass is 32.1. The number of benzene rings is 9. The summed E-state index contributed by atoms with van der Waals surface area (Å²) < 4.78 is 2.43. The van der Waals surface area contributed by atoms with Crippen LogP contribution in [0, 0.1) is 11.3 Å². The second-order valence-electron chi connectivity index (χ2n) is 12.7. The molecule has 0 atom stereocenters. The second-order valence-corrected chi connectivity index (χ2v) is 13.8. The van der Waals surface area contributed by atoms with Crippen LogP contribution in [0.5, 0.6) is 0 Å². The molecule has 0 aliphatic rings. The topological polar surface area (TPSA) is 23.8 Å². The average Bonchev–Trinajstić information content (AvgIpc) is 3.53. The van der Waals surface area contributed by atoms with Gasteiger partial charge in [0.2, 0.25) is 0 Å². The fourth-order valence-electron chi connectivity index (χ4n) is 7.85. The van der Waals surface area contributed by atoms with Crippen molar-refractivity contribution >= 4 is 74.6 Å². The molecule has 0 fully saturated rings. The lowest BCUT2D eigenvalue weighted by atomic mass is 9.83. The third kappa shape index (κ3) is 4.30. The first-order chi connectivity index (χ1) is 24.2. The highest BCUT2D eigenvalue weighted by Crippen LogP contribution is 2.48. The minimum atomic E-state index is 0.691. The Morgan fingerprint density at radius 3 is 1.47 bits per heavy atom. The average molecular weight is 638 g/mol. The van der Waals surface area contributed by atoms with Crippen molar-refractivity contribution in [2.75, 3.05) is 0 Å². The van der Waals surface area contributed by atoms with Gasteiger partial charge in [0.1, 0.15) is 0 Å². The molecule has 10 rings (SSSR count). The first-order valence-corrected chi connectivity index (χ1v) is 17.4. The van der Waals surface area contributed by atoms with E-state index in [-0.39, 0.29) is 0 Å². The molecule has 1 nitrogen and oxygen atoms in total. The molecule has 226 valence electrons. The van der Waals surface area contributed by atoms with Crippen molar-refractivity contribution in [1.82, 2.24) is 0 Å². The van der Waals surface area contributed by atoms with Gasteiger partial charge in [0.25, 0.3) is 0 Å². The van der Waals surface area contributed by atoms with Crippen LogP contribution in [-0.2, 0) is 0 Å². The van der Waals surface area contributed by atoms with E-state index in [2.05, 4.69) is 158 Å². The molecule has 1 heterocycles. The zero-order chi connectivity index (χ0) is 32.5. The van der Waals surface area contributed by atoms with Crippen molar-refractivity contribution < 1.29 is 0 Å². The Morgan fingerprint density at radius 2 is 0.837 bits per heavy atom. The van der Waals surface area contributed by atoms with E-state index < -0.39 is 0 Å². The normalized spacial score (nSPS) is 11.7. The van der Waals surface area contributed by atoms with Crippen molar-refractivity contribution in [3.63, 3.8) is 0 Å². The number of hydrogen-bond acceptors (Lipinski definition) is 2. The maximum Gasteiger partial charge on any atom is 0.0991 e. The van der Waals surface area contributed by atoms with Crippen LogP contribution in [0.4, 0.5) is 0 Å². The number of nitriles is 1. The number of hydrogen-bond donors (Lipinski definition) is 0. The molecule has 2 heteroatoms. The molecule has 0 aliphatic carbocycles. The van der Waals surface area contributed by atoms with Crippen LogP contribution in [0.1, 0.15) is 5.56 Å². The van der Waals surface area contributed by atoms with E-state index in [0.717, 1.165) is 5.39 Å². The maximum atomic E-state index is 9.62. The van der Waals surface area contributed by atoms with Crippen LogP contribution >= 0.6 is 11.3 Å². The summed E-state index contributed by atoms with van der Waals surface area (Å²) in [6.07, 6.45) is 0. The molecule has 0 spiro atoms. The Kier molecular flexibility index (Phi) is 6.18. The molecular formula is C47H27NS. The molecule has 0 N–H and O–H groups in total. The van der Waals surface area contributed by atoms with E-state index in [1.807, 2.05) is 12.1 Å². The minimum Gasteiger partial charge on any atom is -0.192 e. The molecule has 0 saturated carbocycles. The van der Waals surface area contributed by atoms with Crippen LogP contribution in [-0.4, -0.2) is 0 Å². The van der Waals surface area contributed by atoms with Crippen LogP contribution < -0.4 is 0 Å². The van der Waals surface area contributed by atoms with Crippen molar-refractivity contribution in [2.45, 2.75) is 0 Å². The Bertz CT molecular complexity index is 3000. The summed E-state index contributed by atoms with van der Waals surface area (Å²) in [7, 11) is 0. The van der Waals surface area contributed by atoms with Gasteiger partial charge < -0.3 is 0 Å². The lowest BCUT2D eigenvalue weighted by molar-refractivity contribution is 1.50. The zero-order valence-corrected chi connectivity index (χ0v) is 27.3. The predicted molar refractivity (Wildman–Crippen MR) is 210 cm³/mol. The summed E-state index contributed by atoms with van der Waals surface area (Å²) in [5, 5.41) is 21.9. The number of thiophene rings is 1. The van der Waals surface area contributed by atoms with Crippen LogP contribution in [0.15, 0.2) is 164 Å². The number of fused-ring (bicyclic) bond motifs is 7. The highest BCUT2D eigenvalue weighted by Gasteiger charge is 2.20. The monoisotopic (exact) mass is 637 g/mol. The van der Waals surface area contributed by atoms with Crippen molar-refractivity contribution in [3.8, 4) is 39.4 Å². The van der Waals surface area contributed by atoms with E-state index in [9.17, 15) is 5.26 Å². The molecule has 0 aliphatic heterocycles. The summed E-state index contributed by atoms with van der Waals surface area (Å²) in [6.45, 7) is 0. The molecule has 0 bridgehead atoms. The van der Waals surface area contributed by atoms with E-state index in [1.165, 1.54) is 91.3 Å². The van der Waals surface area contributed by atoms with E-state index in [1.54, 1.807) is 11.3 Å². The van der Waals surface area contributed by atoms with Gasteiger partial charge in [-0.2, -0.15) is 5.26 Å². The van der Waals surface area contributed by atoms with Crippen LogP contribution in [0.25, 0.3) is 96.6 Å². The van der Waals surface area contributed by atoms with Crippen molar-refractivity contribution in [3.05, 3.63) is 169 Å². The van der Waals surface area contributed by atoms with Crippen LogP contribution in [0.3, 0.4) is 0 Å². The Balaban J connectivity index is 1.33. The quantitative estimate of drug-likeness (QED) is 0.177. The molecule has 0 unspecified atom stereocenters. The summed E-state index contributed by atoms with van der Waals surface area (Å²) in [5.41, 5.74) is 8.04. The lowest BCUT2D eigenvalue weighted by Crippen LogP contribution is -1.93. The van der Waals surface area contributed by atoms with Crippen molar-refractivity contribution in [2.24, 2.45) is 0 Å². The second kappa shape index (κ2) is 10.9. The standard InChI is InChI=1S/C47H27NS/c48-28-29-19-23-44-41(25-29)42-26-33(21-24-45(42)49-44)32-20-22-40-43(27-32)47(37-18-8-12-31-10-2-4-14-35(31)37)39-16-6-5-15-38(39)46(40)36-17-7-11-30-9-1-3-13-34(30)36/h1-27H. The predicted octanol–water partition coefficient (Wildman–Crippen LogP) is 13.5. The summed E-state index contributed by atoms with van der Waals surface area (Å²) in [6, 6.07) is 61.8. The largest absolute Gasteiger partial charge is 0.192 e. The molecule has 10 aromatic rings. The summed E-state index contributed by atoms with van der Waals surface area (Å²) in [4.78, 5) is 0. The fraction of sp³-hybridized carbons (Fsp3) is 0. The third-order valence-electron chi connectivity index (χ3n) is 10.1. The Labute approximate surface area is 287 Å². The molecule has 1 aromatic heterocycles. The Hall–Kier alpha value is -6.27. The van der Waals surface area contributed by atoms with Gasteiger partial charge in [-0.1, -0.05) is 127 Å². The van der Waals surface area contributed by atoms with Crippen molar-refractivity contribution in [1.29, 1.82) is 5.26 Å². The maximum absolute atomic E-state index is 9.62. The van der Waals surface area contributed by atoms with Gasteiger partial charge in [-0.05, 0) is 113 Å². The van der Waals surface area contributed by atoms with Gasteiger partial charge in [-0.25, -0.2) is 0 Å². The number of nitrogens with zero attached hydrogens (tertiary/aromatic N) is 1. The minimum absolute atomic E-state index is 0.691. The van der Waals surface area contributed by atoms with Gasteiger partial charge in [-0.3, -0.25) is 0 Å². The molecule has 49 heavy (non-hydrogen) atoms. The van der Waals surface area contributed by atoms with E-state index >= 15 is 0 Å². The fourth-order valence-corrected chi connectivity index (χ4v) is 8.92. The van der Waals surface area contributed by atoms with Gasteiger partial charge in [0, 0.05) is 20.2 Å². The highest BCUT2D eigenvalue weighted by molar-refractivity contribution is 7.25. The molecule has 0 saturated heterocycles. The summed E-state index contributed by atoms with van der Waals surface area (Å²) in [5.74, 6) is 0. The lowest BCUT2D eigenvalue weighted by Gasteiger charge is -2.20. The molecule has 0 amide bonds. The van der Waals surface area contributed by atoms with Gasteiger partial charge >= 0.3 is 0 Å². The molecule has 9 aromatic carbocycles. The van der Waals surface area contributed by atoms with E-state index in [0.29, 0.717) is 5.56 Å².